The summed E-state index contributed by atoms with van der Waals surface area (Å²) >= 11 is 1.65. The maximum atomic E-state index is 12.6. The zero-order valence-electron chi connectivity index (χ0n) is 13.5. The summed E-state index contributed by atoms with van der Waals surface area (Å²) < 4.78 is 1.81. The van der Waals surface area contributed by atoms with E-state index in [9.17, 15) is 9.59 Å². The van der Waals surface area contributed by atoms with E-state index in [1.165, 1.54) is 5.56 Å². The number of rotatable bonds is 4. The minimum absolute atomic E-state index is 0.0396. The van der Waals surface area contributed by atoms with Crippen LogP contribution in [-0.2, 0) is 35.5 Å². The van der Waals surface area contributed by atoms with Crippen LogP contribution in [0.3, 0.4) is 0 Å². The van der Waals surface area contributed by atoms with Gasteiger partial charge in [0.15, 0.2) is 5.82 Å². The lowest BCUT2D eigenvalue weighted by atomic mass is 10.0. The fourth-order valence-electron chi connectivity index (χ4n) is 3.41. The van der Waals surface area contributed by atoms with Gasteiger partial charge in [0.2, 0.25) is 5.91 Å². The Labute approximate surface area is 148 Å². The van der Waals surface area contributed by atoms with Crippen molar-refractivity contribution < 1.29 is 14.7 Å². The van der Waals surface area contributed by atoms with Crippen LogP contribution in [0.25, 0.3) is 0 Å². The number of carbonyl (C=O) groups excluding carboxylic acids is 1. The minimum Gasteiger partial charge on any atom is -0.481 e. The second kappa shape index (κ2) is 6.51. The molecular formula is C17H18N4O3S. The van der Waals surface area contributed by atoms with Crippen LogP contribution in [0, 0.1) is 5.92 Å². The summed E-state index contributed by atoms with van der Waals surface area (Å²) in [5.41, 5.74) is 2.31. The zero-order valence-corrected chi connectivity index (χ0v) is 14.3. The Morgan fingerprint density at radius 1 is 1.32 bits per heavy atom. The largest absolute Gasteiger partial charge is 0.481 e. The fraction of sp³-hybridized carbons (Fsp3) is 0.412. The van der Waals surface area contributed by atoms with Crippen molar-refractivity contribution in [1.29, 1.82) is 0 Å². The van der Waals surface area contributed by atoms with Crippen LogP contribution in [0.15, 0.2) is 24.3 Å². The average molecular weight is 358 g/mol. The molecule has 1 aromatic heterocycles. The number of hydrogen-bond donors (Lipinski definition) is 2. The van der Waals surface area contributed by atoms with Gasteiger partial charge in [0.05, 0.1) is 12.5 Å². The molecule has 0 spiro atoms. The van der Waals surface area contributed by atoms with E-state index >= 15 is 0 Å². The normalized spacial score (nSPS) is 21.4. The summed E-state index contributed by atoms with van der Waals surface area (Å²) in [7, 11) is 0. The fourth-order valence-corrected chi connectivity index (χ4v) is 4.62. The molecule has 0 radical (unpaired) electrons. The molecule has 2 N–H and O–H groups in total. The Morgan fingerprint density at radius 2 is 2.16 bits per heavy atom. The number of carbonyl (C=O) groups is 2. The molecule has 0 bridgehead atoms. The van der Waals surface area contributed by atoms with E-state index in [0.717, 1.165) is 17.7 Å². The van der Waals surface area contributed by atoms with Gasteiger partial charge in [-0.15, -0.1) is 22.0 Å². The Hall–Kier alpha value is -2.35. The first-order chi connectivity index (χ1) is 12.1. The van der Waals surface area contributed by atoms with E-state index in [4.69, 9.17) is 5.11 Å². The van der Waals surface area contributed by atoms with Crippen molar-refractivity contribution >= 4 is 23.6 Å². The standard InChI is InChI=1S/C17H18N4O3S/c22-16(15-12-4-2-1-3-10(12)5-6-25-15)18-8-14-20-19-13-7-11(17(23)24)9-21(13)14/h1-4,11,15H,5-9H2,(H,18,22)(H,23,24). The highest BCUT2D eigenvalue weighted by Gasteiger charge is 2.31. The van der Waals surface area contributed by atoms with Crippen LogP contribution in [0.2, 0.25) is 0 Å². The summed E-state index contributed by atoms with van der Waals surface area (Å²) in [5.74, 6) is 0.893. The molecule has 2 aromatic rings. The molecule has 0 saturated heterocycles. The van der Waals surface area contributed by atoms with Gasteiger partial charge in [0.25, 0.3) is 0 Å². The molecule has 7 nitrogen and oxygen atoms in total. The maximum Gasteiger partial charge on any atom is 0.308 e. The molecule has 2 unspecified atom stereocenters. The van der Waals surface area contributed by atoms with Gasteiger partial charge < -0.3 is 15.0 Å². The van der Waals surface area contributed by atoms with E-state index < -0.39 is 11.9 Å². The molecule has 0 aliphatic carbocycles. The van der Waals surface area contributed by atoms with Gasteiger partial charge in [-0.3, -0.25) is 9.59 Å². The first kappa shape index (κ1) is 16.1. The summed E-state index contributed by atoms with van der Waals surface area (Å²) in [4.78, 5) is 23.8. The molecule has 1 aromatic carbocycles. The van der Waals surface area contributed by atoms with Crippen molar-refractivity contribution in [2.45, 2.75) is 31.2 Å². The number of carboxylic acid groups (broad SMARTS) is 1. The molecule has 25 heavy (non-hydrogen) atoms. The number of benzene rings is 1. The number of amides is 1. The minimum atomic E-state index is -0.823. The maximum absolute atomic E-state index is 12.6. The smallest absolute Gasteiger partial charge is 0.308 e. The zero-order chi connectivity index (χ0) is 17.4. The van der Waals surface area contributed by atoms with Gasteiger partial charge in [-0.25, -0.2) is 0 Å². The molecule has 0 fully saturated rings. The topological polar surface area (TPSA) is 97.1 Å². The summed E-state index contributed by atoms with van der Waals surface area (Å²) in [6.07, 6.45) is 1.38. The first-order valence-corrected chi connectivity index (χ1v) is 9.29. The van der Waals surface area contributed by atoms with Crippen molar-refractivity contribution in [3.63, 3.8) is 0 Å². The lowest BCUT2D eigenvalue weighted by molar-refractivity contribution is -0.141. The van der Waals surface area contributed by atoms with Crippen molar-refractivity contribution in [2.24, 2.45) is 5.92 Å². The molecule has 0 saturated carbocycles. The molecule has 2 atom stereocenters. The van der Waals surface area contributed by atoms with E-state index in [-0.39, 0.29) is 17.7 Å². The molecule has 4 rings (SSSR count). The number of aromatic nitrogens is 3. The summed E-state index contributed by atoms with van der Waals surface area (Å²) in [6, 6.07) is 8.05. The number of fused-ring (bicyclic) bond motifs is 2. The SMILES string of the molecule is O=C(O)C1Cc2nnc(CNC(=O)C3SCCc4ccccc43)n2C1. The Kier molecular flexibility index (Phi) is 4.20. The van der Waals surface area contributed by atoms with Gasteiger partial charge in [-0.1, -0.05) is 24.3 Å². The highest BCUT2D eigenvalue weighted by molar-refractivity contribution is 8.00. The highest BCUT2D eigenvalue weighted by Crippen LogP contribution is 2.36. The van der Waals surface area contributed by atoms with Crippen LogP contribution in [0.5, 0.6) is 0 Å². The first-order valence-electron chi connectivity index (χ1n) is 8.24. The number of hydrogen-bond acceptors (Lipinski definition) is 5. The molecular weight excluding hydrogens is 340 g/mol. The van der Waals surface area contributed by atoms with Gasteiger partial charge >= 0.3 is 5.97 Å². The summed E-state index contributed by atoms with van der Waals surface area (Å²) in [6.45, 7) is 0.626. The van der Waals surface area contributed by atoms with Crippen LogP contribution < -0.4 is 5.32 Å². The Balaban J connectivity index is 1.44. The molecule has 2 aliphatic rings. The average Bonchev–Trinajstić information content (AvgIpc) is 3.20. The molecule has 3 heterocycles. The number of aliphatic carboxylic acids is 1. The number of thioether (sulfide) groups is 1. The van der Waals surface area contributed by atoms with Crippen molar-refractivity contribution in [1.82, 2.24) is 20.1 Å². The summed E-state index contributed by atoms with van der Waals surface area (Å²) in [5, 5.41) is 20.0. The van der Waals surface area contributed by atoms with E-state index in [1.807, 2.05) is 18.2 Å². The second-order valence-corrected chi connectivity index (χ2v) is 7.51. The quantitative estimate of drug-likeness (QED) is 0.852. The van der Waals surface area contributed by atoms with Crippen molar-refractivity contribution in [3.05, 3.63) is 47.0 Å². The molecule has 1 amide bonds. The molecule has 8 heteroatoms. The number of carboxylic acids is 1. The van der Waals surface area contributed by atoms with E-state index in [2.05, 4.69) is 21.6 Å². The van der Waals surface area contributed by atoms with Gasteiger partial charge in [0, 0.05) is 13.0 Å². The van der Waals surface area contributed by atoms with Crippen LogP contribution in [0.4, 0.5) is 0 Å². The van der Waals surface area contributed by atoms with Crippen molar-refractivity contribution in [2.75, 3.05) is 5.75 Å². The third-order valence-electron chi connectivity index (χ3n) is 4.74. The van der Waals surface area contributed by atoms with E-state index in [0.29, 0.717) is 24.6 Å². The molecule has 2 aliphatic heterocycles. The van der Waals surface area contributed by atoms with Crippen LogP contribution in [0.1, 0.15) is 28.0 Å². The third kappa shape index (κ3) is 3.02. The highest BCUT2D eigenvalue weighted by atomic mass is 32.2. The number of nitrogens with one attached hydrogen (secondary N) is 1. The van der Waals surface area contributed by atoms with E-state index in [1.54, 1.807) is 16.3 Å². The van der Waals surface area contributed by atoms with Crippen LogP contribution >= 0.6 is 11.8 Å². The number of nitrogens with zero attached hydrogens (tertiary/aromatic N) is 3. The third-order valence-corrected chi connectivity index (χ3v) is 5.98. The van der Waals surface area contributed by atoms with Crippen molar-refractivity contribution in [3.8, 4) is 0 Å². The lowest BCUT2D eigenvalue weighted by Crippen LogP contribution is -2.31. The predicted molar refractivity (Wildman–Crippen MR) is 92.0 cm³/mol. The Morgan fingerprint density at radius 3 is 3.00 bits per heavy atom. The number of aryl methyl sites for hydroxylation is 1. The van der Waals surface area contributed by atoms with Gasteiger partial charge in [0.1, 0.15) is 11.1 Å². The Bertz CT molecular complexity index is 835. The monoisotopic (exact) mass is 358 g/mol. The molecule has 130 valence electrons. The second-order valence-electron chi connectivity index (χ2n) is 6.30. The van der Waals surface area contributed by atoms with Gasteiger partial charge in [-0.05, 0) is 23.3 Å². The van der Waals surface area contributed by atoms with Gasteiger partial charge in [-0.2, -0.15) is 0 Å². The predicted octanol–water partition coefficient (Wildman–Crippen LogP) is 1.18. The lowest BCUT2D eigenvalue weighted by Gasteiger charge is -2.24. The van der Waals surface area contributed by atoms with Crippen LogP contribution in [-0.4, -0.2) is 37.5 Å².